The minimum Gasteiger partial charge on any atom is -0.493 e. The number of rotatable bonds is 8. The molecule has 1 aliphatic rings. The molecule has 2 aromatic rings. The number of carbonyl (C=O) groups is 1. The van der Waals surface area contributed by atoms with Gasteiger partial charge in [-0.3, -0.25) is 9.78 Å². The number of hydrogen-bond donors (Lipinski definition) is 1. The number of nitrogens with one attached hydrogen (secondary N) is 1. The first-order valence-electron chi connectivity index (χ1n) is 10.2. The number of pyridine rings is 1. The second-order valence-corrected chi connectivity index (χ2v) is 7.86. The van der Waals surface area contributed by atoms with Crippen molar-refractivity contribution in [1.29, 1.82) is 0 Å². The Morgan fingerprint density at radius 3 is 2.43 bits per heavy atom. The van der Waals surface area contributed by atoms with E-state index >= 15 is 0 Å². The summed E-state index contributed by atoms with van der Waals surface area (Å²) < 4.78 is 16.3. The van der Waals surface area contributed by atoms with E-state index in [0.29, 0.717) is 36.3 Å². The Morgan fingerprint density at radius 1 is 1.13 bits per heavy atom. The highest BCUT2D eigenvalue weighted by Crippen LogP contribution is 2.40. The van der Waals surface area contributed by atoms with Crippen LogP contribution in [-0.4, -0.2) is 56.3 Å². The minimum atomic E-state index is -0.102. The molecule has 1 aromatic heterocycles. The molecule has 1 amide bonds. The topological polar surface area (TPSA) is 72.9 Å². The van der Waals surface area contributed by atoms with Crippen molar-refractivity contribution in [2.75, 3.05) is 34.4 Å². The number of ether oxygens (including phenoxy) is 3. The number of carbonyl (C=O) groups excluding carboxylic acids is 1. The van der Waals surface area contributed by atoms with E-state index in [2.05, 4.69) is 24.1 Å². The average Bonchev–Trinajstić information content (AvgIpc) is 2.75. The number of aromatic nitrogens is 1. The SMILES string of the molecule is COc1cc(-c2cc(CN3CCN[C@@H](CC(C)C)C3=O)ccn2)cc(OC)c1OC. The van der Waals surface area contributed by atoms with Gasteiger partial charge in [0, 0.05) is 31.4 Å². The highest BCUT2D eigenvalue weighted by molar-refractivity contribution is 5.82. The first-order chi connectivity index (χ1) is 14.5. The summed E-state index contributed by atoms with van der Waals surface area (Å²) >= 11 is 0. The maximum absolute atomic E-state index is 12.9. The first-order valence-corrected chi connectivity index (χ1v) is 10.2. The molecule has 3 rings (SSSR count). The van der Waals surface area contributed by atoms with Gasteiger partial charge in [-0.05, 0) is 42.2 Å². The summed E-state index contributed by atoms with van der Waals surface area (Å²) in [6.45, 7) is 6.36. The average molecular weight is 414 g/mol. The highest BCUT2D eigenvalue weighted by atomic mass is 16.5. The molecule has 2 heterocycles. The van der Waals surface area contributed by atoms with Crippen molar-refractivity contribution >= 4 is 5.91 Å². The van der Waals surface area contributed by atoms with Gasteiger partial charge in [0.05, 0.1) is 33.1 Å². The zero-order valence-corrected chi connectivity index (χ0v) is 18.4. The number of amides is 1. The second-order valence-electron chi connectivity index (χ2n) is 7.86. The van der Waals surface area contributed by atoms with E-state index in [1.54, 1.807) is 27.5 Å². The van der Waals surface area contributed by atoms with Crippen LogP contribution >= 0.6 is 0 Å². The maximum atomic E-state index is 12.9. The van der Waals surface area contributed by atoms with Crippen LogP contribution in [0.15, 0.2) is 30.5 Å². The monoisotopic (exact) mass is 413 g/mol. The highest BCUT2D eigenvalue weighted by Gasteiger charge is 2.28. The number of methoxy groups -OCH3 is 3. The smallest absolute Gasteiger partial charge is 0.240 e. The third kappa shape index (κ3) is 4.84. The summed E-state index contributed by atoms with van der Waals surface area (Å²) in [5.74, 6) is 2.34. The normalized spacial score (nSPS) is 16.7. The van der Waals surface area contributed by atoms with Gasteiger partial charge in [-0.1, -0.05) is 13.8 Å². The molecule has 0 spiro atoms. The Labute approximate surface area is 178 Å². The molecule has 0 bridgehead atoms. The Balaban J connectivity index is 1.84. The zero-order chi connectivity index (χ0) is 21.7. The molecule has 30 heavy (non-hydrogen) atoms. The van der Waals surface area contributed by atoms with Crippen LogP contribution in [0, 0.1) is 5.92 Å². The van der Waals surface area contributed by atoms with Gasteiger partial charge in [-0.15, -0.1) is 0 Å². The number of benzene rings is 1. The molecule has 1 atom stereocenters. The molecule has 1 aliphatic heterocycles. The zero-order valence-electron chi connectivity index (χ0n) is 18.4. The van der Waals surface area contributed by atoms with Crippen LogP contribution in [0.3, 0.4) is 0 Å². The molecule has 162 valence electrons. The second kappa shape index (κ2) is 9.80. The van der Waals surface area contributed by atoms with Crippen LogP contribution in [0.4, 0.5) is 0 Å². The van der Waals surface area contributed by atoms with Crippen molar-refractivity contribution < 1.29 is 19.0 Å². The van der Waals surface area contributed by atoms with E-state index in [1.165, 1.54) is 0 Å². The van der Waals surface area contributed by atoms with E-state index in [1.807, 2.05) is 29.2 Å². The summed E-state index contributed by atoms with van der Waals surface area (Å²) in [5.41, 5.74) is 2.68. The predicted molar refractivity (Wildman–Crippen MR) is 116 cm³/mol. The van der Waals surface area contributed by atoms with Crippen molar-refractivity contribution in [2.24, 2.45) is 5.92 Å². The van der Waals surface area contributed by atoms with Gasteiger partial charge in [0.25, 0.3) is 0 Å². The third-order valence-corrected chi connectivity index (χ3v) is 5.25. The fraction of sp³-hybridized carbons (Fsp3) is 0.478. The molecular weight excluding hydrogens is 382 g/mol. The molecule has 0 unspecified atom stereocenters. The number of piperazine rings is 1. The summed E-state index contributed by atoms with van der Waals surface area (Å²) in [6.07, 6.45) is 2.62. The Morgan fingerprint density at radius 2 is 1.83 bits per heavy atom. The van der Waals surface area contributed by atoms with Crippen molar-refractivity contribution in [1.82, 2.24) is 15.2 Å². The maximum Gasteiger partial charge on any atom is 0.240 e. The van der Waals surface area contributed by atoms with Crippen LogP contribution in [0.1, 0.15) is 25.8 Å². The van der Waals surface area contributed by atoms with E-state index in [4.69, 9.17) is 14.2 Å². The molecule has 1 fully saturated rings. The molecule has 1 saturated heterocycles. The Bertz CT molecular complexity index is 859. The first kappa shape index (κ1) is 21.9. The lowest BCUT2D eigenvalue weighted by Gasteiger charge is -2.34. The molecular formula is C23H31N3O4. The Hall–Kier alpha value is -2.80. The molecule has 0 radical (unpaired) electrons. The van der Waals surface area contributed by atoms with Crippen molar-refractivity contribution in [3.05, 3.63) is 36.0 Å². The van der Waals surface area contributed by atoms with Crippen LogP contribution in [0.5, 0.6) is 17.2 Å². The van der Waals surface area contributed by atoms with Gasteiger partial charge in [0.2, 0.25) is 11.7 Å². The summed E-state index contributed by atoms with van der Waals surface area (Å²) in [5, 5.41) is 3.35. The van der Waals surface area contributed by atoms with Crippen molar-refractivity contribution in [3.63, 3.8) is 0 Å². The van der Waals surface area contributed by atoms with Gasteiger partial charge in [0.15, 0.2) is 11.5 Å². The molecule has 7 heteroatoms. The quantitative estimate of drug-likeness (QED) is 0.717. The lowest BCUT2D eigenvalue weighted by Crippen LogP contribution is -2.54. The molecule has 0 saturated carbocycles. The van der Waals surface area contributed by atoms with Crippen LogP contribution in [-0.2, 0) is 11.3 Å². The third-order valence-electron chi connectivity index (χ3n) is 5.25. The van der Waals surface area contributed by atoms with Crippen LogP contribution < -0.4 is 19.5 Å². The van der Waals surface area contributed by atoms with E-state index in [0.717, 1.165) is 29.8 Å². The Kier molecular flexibility index (Phi) is 7.15. The summed E-state index contributed by atoms with van der Waals surface area (Å²) in [7, 11) is 4.76. The van der Waals surface area contributed by atoms with Crippen LogP contribution in [0.2, 0.25) is 0 Å². The molecule has 7 nitrogen and oxygen atoms in total. The minimum absolute atomic E-state index is 0.102. The number of hydrogen-bond acceptors (Lipinski definition) is 6. The fourth-order valence-corrected chi connectivity index (χ4v) is 3.78. The number of nitrogens with zero attached hydrogens (tertiary/aromatic N) is 2. The summed E-state index contributed by atoms with van der Waals surface area (Å²) in [6, 6.07) is 7.61. The van der Waals surface area contributed by atoms with E-state index < -0.39 is 0 Å². The lowest BCUT2D eigenvalue weighted by atomic mass is 10.0. The lowest BCUT2D eigenvalue weighted by molar-refractivity contribution is -0.136. The standard InChI is InChI=1S/C23H31N3O4/c1-15(2)10-19-23(27)26(9-8-25-19)14-16-6-7-24-18(11-16)17-12-20(28-3)22(30-5)21(13-17)29-4/h6-7,11-13,15,19,25H,8-10,14H2,1-5H3/t19-/m0/s1. The van der Waals surface area contributed by atoms with Gasteiger partial charge in [0.1, 0.15) is 0 Å². The summed E-state index contributed by atoms with van der Waals surface area (Å²) in [4.78, 5) is 19.3. The van der Waals surface area contributed by atoms with E-state index in [-0.39, 0.29) is 11.9 Å². The molecule has 0 aliphatic carbocycles. The molecule has 1 aromatic carbocycles. The van der Waals surface area contributed by atoms with Gasteiger partial charge >= 0.3 is 0 Å². The van der Waals surface area contributed by atoms with Crippen LogP contribution in [0.25, 0.3) is 11.3 Å². The largest absolute Gasteiger partial charge is 0.493 e. The van der Waals surface area contributed by atoms with Gasteiger partial charge < -0.3 is 24.4 Å². The van der Waals surface area contributed by atoms with Crippen molar-refractivity contribution in [2.45, 2.75) is 32.9 Å². The van der Waals surface area contributed by atoms with E-state index in [9.17, 15) is 4.79 Å². The van der Waals surface area contributed by atoms with Gasteiger partial charge in [-0.25, -0.2) is 0 Å². The predicted octanol–water partition coefficient (Wildman–Crippen LogP) is 3.12. The fourth-order valence-electron chi connectivity index (χ4n) is 3.78. The molecule has 1 N–H and O–H groups in total. The van der Waals surface area contributed by atoms with Crippen molar-refractivity contribution in [3.8, 4) is 28.5 Å². The van der Waals surface area contributed by atoms with Gasteiger partial charge in [-0.2, -0.15) is 0 Å².